The van der Waals surface area contributed by atoms with Gasteiger partial charge in [0, 0.05) is 18.1 Å². The summed E-state index contributed by atoms with van der Waals surface area (Å²) in [5.74, 6) is 1.57. The van der Waals surface area contributed by atoms with Crippen LogP contribution >= 0.6 is 23.2 Å². The topological polar surface area (TPSA) is 41.6 Å². The second-order valence-corrected chi connectivity index (χ2v) is 6.54. The number of piperidine rings is 1. The Labute approximate surface area is 135 Å². The van der Waals surface area contributed by atoms with Crippen molar-refractivity contribution >= 4 is 29.2 Å². The Bertz CT molecular complexity index is 500. The highest BCUT2D eigenvalue weighted by atomic mass is 35.5. The van der Waals surface area contributed by atoms with E-state index in [1.165, 1.54) is 6.42 Å². The molecule has 0 radical (unpaired) electrons. The average molecular weight is 331 g/mol. The lowest BCUT2D eigenvalue weighted by Crippen LogP contribution is -2.48. The molecule has 1 fully saturated rings. The number of ether oxygens (including phenoxy) is 1. The number of hydrogen-bond acceptors (Lipinski definition) is 2. The van der Waals surface area contributed by atoms with E-state index >= 15 is 0 Å². The van der Waals surface area contributed by atoms with Crippen molar-refractivity contribution in [1.82, 2.24) is 10.2 Å². The molecule has 0 aromatic heterocycles. The lowest BCUT2D eigenvalue weighted by Gasteiger charge is -2.34. The van der Waals surface area contributed by atoms with Crippen LogP contribution < -0.4 is 10.1 Å². The van der Waals surface area contributed by atoms with Gasteiger partial charge in [-0.2, -0.15) is 0 Å². The van der Waals surface area contributed by atoms with Crippen LogP contribution in [0.1, 0.15) is 20.3 Å². The number of amides is 2. The molecule has 2 atom stereocenters. The molecule has 1 aromatic carbocycles. The summed E-state index contributed by atoms with van der Waals surface area (Å²) in [5.41, 5.74) is 0. The van der Waals surface area contributed by atoms with Gasteiger partial charge < -0.3 is 15.0 Å². The summed E-state index contributed by atoms with van der Waals surface area (Å²) in [5, 5.41) is 3.73. The van der Waals surface area contributed by atoms with E-state index in [1.807, 2.05) is 4.90 Å². The van der Waals surface area contributed by atoms with Crippen molar-refractivity contribution < 1.29 is 9.53 Å². The molecule has 2 amide bonds. The summed E-state index contributed by atoms with van der Waals surface area (Å²) >= 11 is 11.8. The number of carbonyl (C=O) groups excluding carboxylic acids is 1. The zero-order chi connectivity index (χ0) is 15.4. The Balaban J connectivity index is 1.81. The number of nitrogens with one attached hydrogen (secondary N) is 1. The maximum absolute atomic E-state index is 12.1. The third-order valence-electron chi connectivity index (χ3n) is 3.50. The van der Waals surface area contributed by atoms with Gasteiger partial charge in [-0.05, 0) is 36.5 Å². The van der Waals surface area contributed by atoms with E-state index in [0.29, 0.717) is 27.6 Å². The molecule has 1 saturated heterocycles. The molecule has 2 rings (SSSR count). The van der Waals surface area contributed by atoms with Crippen molar-refractivity contribution in [2.24, 2.45) is 11.8 Å². The van der Waals surface area contributed by atoms with Gasteiger partial charge in [0.15, 0.2) is 6.73 Å². The van der Waals surface area contributed by atoms with Crippen molar-refractivity contribution in [2.75, 3.05) is 19.8 Å². The number of hydrogen-bond donors (Lipinski definition) is 1. The van der Waals surface area contributed by atoms with Gasteiger partial charge in [-0.25, -0.2) is 4.79 Å². The third kappa shape index (κ3) is 4.68. The minimum Gasteiger partial charge on any atom is -0.472 e. The van der Waals surface area contributed by atoms with E-state index < -0.39 is 0 Å². The Kier molecular flexibility index (Phi) is 5.59. The average Bonchev–Trinajstić information content (AvgIpc) is 2.40. The summed E-state index contributed by atoms with van der Waals surface area (Å²) in [6.07, 6.45) is 1.17. The number of likely N-dealkylation sites (tertiary alicyclic amines) is 1. The van der Waals surface area contributed by atoms with E-state index in [2.05, 4.69) is 19.2 Å². The van der Waals surface area contributed by atoms with Gasteiger partial charge >= 0.3 is 6.03 Å². The van der Waals surface area contributed by atoms with Crippen LogP contribution in [0.15, 0.2) is 18.2 Å². The van der Waals surface area contributed by atoms with Crippen molar-refractivity contribution in [3.8, 4) is 5.75 Å². The molecule has 1 heterocycles. The largest absolute Gasteiger partial charge is 0.472 e. The normalized spacial score (nSPS) is 22.0. The molecule has 6 heteroatoms. The molecular formula is C15H20Cl2N2O2. The second-order valence-electron chi connectivity index (χ2n) is 5.70. The van der Waals surface area contributed by atoms with Gasteiger partial charge in [0.1, 0.15) is 5.75 Å². The van der Waals surface area contributed by atoms with Crippen LogP contribution in [0, 0.1) is 11.8 Å². The molecule has 1 aliphatic heterocycles. The van der Waals surface area contributed by atoms with Gasteiger partial charge in [0.2, 0.25) is 0 Å². The molecule has 2 unspecified atom stereocenters. The molecule has 1 aromatic rings. The molecule has 1 N–H and O–H groups in total. The number of halogens is 2. The van der Waals surface area contributed by atoms with Crippen LogP contribution in [-0.2, 0) is 0 Å². The first-order valence-electron chi connectivity index (χ1n) is 7.06. The standard InChI is InChI=1S/C15H20Cl2N2O2/c1-10-5-11(2)8-19(7-10)15(20)18-9-21-14-4-3-12(16)6-13(14)17/h3-4,6,10-11H,5,7-9H2,1-2H3,(H,18,20). The number of rotatable bonds is 3. The van der Waals surface area contributed by atoms with E-state index in [9.17, 15) is 4.79 Å². The Morgan fingerprint density at radius 1 is 1.33 bits per heavy atom. The van der Waals surface area contributed by atoms with E-state index in [1.54, 1.807) is 18.2 Å². The minimum atomic E-state index is -0.0986. The predicted octanol–water partition coefficient (Wildman–Crippen LogP) is 4.02. The molecule has 116 valence electrons. The van der Waals surface area contributed by atoms with Crippen LogP contribution in [0.3, 0.4) is 0 Å². The number of urea groups is 1. The highest BCUT2D eigenvalue weighted by Gasteiger charge is 2.25. The van der Waals surface area contributed by atoms with E-state index in [0.717, 1.165) is 13.1 Å². The lowest BCUT2D eigenvalue weighted by molar-refractivity contribution is 0.139. The fraction of sp³-hybridized carbons (Fsp3) is 0.533. The highest BCUT2D eigenvalue weighted by Crippen LogP contribution is 2.27. The predicted molar refractivity (Wildman–Crippen MR) is 85.0 cm³/mol. The molecule has 0 saturated carbocycles. The van der Waals surface area contributed by atoms with Crippen LogP contribution in [0.5, 0.6) is 5.75 Å². The summed E-state index contributed by atoms with van der Waals surface area (Å²) in [4.78, 5) is 13.9. The minimum absolute atomic E-state index is 0.0828. The third-order valence-corrected chi connectivity index (χ3v) is 4.03. The maximum Gasteiger partial charge on any atom is 0.320 e. The molecule has 0 aliphatic carbocycles. The van der Waals surface area contributed by atoms with Gasteiger partial charge in [0.05, 0.1) is 5.02 Å². The zero-order valence-corrected chi connectivity index (χ0v) is 13.7. The summed E-state index contributed by atoms with van der Waals surface area (Å²) in [6, 6.07) is 4.88. The van der Waals surface area contributed by atoms with E-state index in [4.69, 9.17) is 27.9 Å². The maximum atomic E-state index is 12.1. The van der Waals surface area contributed by atoms with Crippen LogP contribution in [0.4, 0.5) is 4.79 Å². The van der Waals surface area contributed by atoms with Gasteiger partial charge in [0.25, 0.3) is 0 Å². The Morgan fingerprint density at radius 3 is 2.62 bits per heavy atom. The smallest absolute Gasteiger partial charge is 0.320 e. The van der Waals surface area contributed by atoms with Crippen molar-refractivity contribution in [3.05, 3.63) is 28.2 Å². The second kappa shape index (κ2) is 7.23. The zero-order valence-electron chi connectivity index (χ0n) is 12.2. The van der Waals surface area contributed by atoms with E-state index in [-0.39, 0.29) is 12.8 Å². The monoisotopic (exact) mass is 330 g/mol. The molecule has 4 nitrogen and oxygen atoms in total. The molecular weight excluding hydrogens is 311 g/mol. The fourth-order valence-electron chi connectivity index (χ4n) is 2.71. The number of benzene rings is 1. The van der Waals surface area contributed by atoms with Crippen molar-refractivity contribution in [2.45, 2.75) is 20.3 Å². The summed E-state index contributed by atoms with van der Waals surface area (Å²) < 4.78 is 5.46. The number of carbonyl (C=O) groups is 1. The molecule has 1 aliphatic rings. The lowest BCUT2D eigenvalue weighted by atomic mass is 9.92. The first-order valence-corrected chi connectivity index (χ1v) is 7.82. The summed E-state index contributed by atoms with van der Waals surface area (Å²) in [6.45, 7) is 6.00. The quantitative estimate of drug-likeness (QED) is 0.850. The molecule has 0 spiro atoms. The SMILES string of the molecule is CC1CC(C)CN(C(=O)NCOc2ccc(Cl)cc2Cl)C1. The van der Waals surface area contributed by atoms with Crippen LogP contribution in [0.2, 0.25) is 10.0 Å². The first-order chi connectivity index (χ1) is 9.95. The highest BCUT2D eigenvalue weighted by molar-refractivity contribution is 6.35. The number of nitrogens with zero attached hydrogens (tertiary/aromatic N) is 1. The van der Waals surface area contributed by atoms with Gasteiger partial charge in [-0.3, -0.25) is 0 Å². The van der Waals surface area contributed by atoms with Crippen LogP contribution in [0.25, 0.3) is 0 Å². The first kappa shape index (κ1) is 16.2. The fourth-order valence-corrected chi connectivity index (χ4v) is 3.17. The molecule has 21 heavy (non-hydrogen) atoms. The van der Waals surface area contributed by atoms with Crippen LogP contribution in [-0.4, -0.2) is 30.8 Å². The Hall–Kier alpha value is -1.13. The van der Waals surface area contributed by atoms with Crippen molar-refractivity contribution in [1.29, 1.82) is 0 Å². The summed E-state index contributed by atoms with van der Waals surface area (Å²) in [7, 11) is 0. The van der Waals surface area contributed by atoms with Crippen molar-refractivity contribution in [3.63, 3.8) is 0 Å². The molecule has 0 bridgehead atoms. The Morgan fingerprint density at radius 2 is 2.00 bits per heavy atom. The van der Waals surface area contributed by atoms with Gasteiger partial charge in [-0.1, -0.05) is 37.0 Å². The van der Waals surface area contributed by atoms with Gasteiger partial charge in [-0.15, -0.1) is 0 Å².